The zero-order valence-electron chi connectivity index (χ0n) is 12.2. The largest absolute Gasteiger partial charge is 0.376 e. The average molecular weight is 264 g/mol. The molecule has 1 aromatic carbocycles. The van der Waals surface area contributed by atoms with Gasteiger partial charge in [-0.25, -0.2) is 4.39 Å². The Hall–Kier alpha value is -1.09. The Bertz CT molecular complexity index is 444. The lowest BCUT2D eigenvalue weighted by Crippen LogP contribution is -2.53. The Kier molecular flexibility index (Phi) is 3.86. The number of anilines is 1. The number of halogens is 1. The highest BCUT2D eigenvalue weighted by Crippen LogP contribution is 2.45. The minimum absolute atomic E-state index is 0.191. The van der Waals surface area contributed by atoms with Crippen molar-refractivity contribution in [2.24, 2.45) is 17.1 Å². The zero-order chi connectivity index (χ0) is 14.1. The second-order valence-corrected chi connectivity index (χ2v) is 6.94. The quantitative estimate of drug-likeness (QED) is 0.872. The van der Waals surface area contributed by atoms with E-state index < -0.39 is 0 Å². The highest BCUT2D eigenvalue weighted by Gasteiger charge is 2.42. The first kappa shape index (κ1) is 14.3. The summed E-state index contributed by atoms with van der Waals surface area (Å²) in [4.78, 5) is 0. The van der Waals surface area contributed by atoms with Gasteiger partial charge in [0.15, 0.2) is 0 Å². The number of rotatable bonds is 3. The number of hydrogen-bond acceptors (Lipinski definition) is 2. The molecule has 2 unspecified atom stereocenters. The fraction of sp³-hybridized carbons (Fsp3) is 0.625. The highest BCUT2D eigenvalue weighted by molar-refractivity contribution is 5.47. The summed E-state index contributed by atoms with van der Waals surface area (Å²) in [6, 6.07) is 6.85. The molecule has 0 aromatic heterocycles. The van der Waals surface area contributed by atoms with E-state index in [1.165, 1.54) is 12.5 Å². The van der Waals surface area contributed by atoms with Gasteiger partial charge in [0, 0.05) is 6.54 Å². The van der Waals surface area contributed by atoms with Crippen molar-refractivity contribution in [1.82, 2.24) is 0 Å². The summed E-state index contributed by atoms with van der Waals surface area (Å²) in [6.45, 7) is 7.34. The van der Waals surface area contributed by atoms with Crippen LogP contribution in [0.5, 0.6) is 0 Å². The molecule has 1 aliphatic carbocycles. The number of nitrogens with one attached hydrogen (secondary N) is 1. The van der Waals surface area contributed by atoms with Gasteiger partial charge in [-0.1, -0.05) is 32.9 Å². The third-order valence-corrected chi connectivity index (χ3v) is 4.12. The predicted octanol–water partition coefficient (Wildman–Crippen LogP) is 3.78. The van der Waals surface area contributed by atoms with Gasteiger partial charge in [0.05, 0.1) is 11.2 Å². The second kappa shape index (κ2) is 5.12. The molecule has 1 aliphatic rings. The van der Waals surface area contributed by atoms with Crippen LogP contribution in [0.4, 0.5) is 10.1 Å². The normalized spacial score (nSPS) is 30.1. The van der Waals surface area contributed by atoms with E-state index in [0.29, 0.717) is 18.2 Å². The Morgan fingerprint density at radius 2 is 2.00 bits per heavy atom. The molecule has 1 saturated carbocycles. The smallest absolute Gasteiger partial charge is 0.146 e. The minimum Gasteiger partial charge on any atom is -0.376 e. The van der Waals surface area contributed by atoms with Crippen LogP contribution in [-0.2, 0) is 0 Å². The van der Waals surface area contributed by atoms with Crippen LogP contribution in [0.2, 0.25) is 0 Å². The van der Waals surface area contributed by atoms with Gasteiger partial charge in [0.25, 0.3) is 0 Å². The summed E-state index contributed by atoms with van der Waals surface area (Å²) in [6.07, 6.45) is 3.18. The molecule has 0 radical (unpaired) electrons. The molecule has 2 rings (SSSR count). The van der Waals surface area contributed by atoms with E-state index in [0.717, 1.165) is 12.8 Å². The average Bonchev–Trinajstić information content (AvgIpc) is 2.29. The fourth-order valence-electron chi connectivity index (χ4n) is 3.89. The molecule has 3 heteroatoms. The summed E-state index contributed by atoms with van der Waals surface area (Å²) >= 11 is 0. The molecular weight excluding hydrogens is 239 g/mol. The molecule has 1 aromatic rings. The summed E-state index contributed by atoms with van der Waals surface area (Å²) in [5.41, 5.74) is 6.66. The molecule has 0 bridgehead atoms. The third kappa shape index (κ3) is 3.27. The van der Waals surface area contributed by atoms with Crippen molar-refractivity contribution < 1.29 is 4.39 Å². The second-order valence-electron chi connectivity index (χ2n) is 6.94. The Balaban J connectivity index is 2.25. The van der Waals surface area contributed by atoms with E-state index in [9.17, 15) is 4.39 Å². The van der Waals surface area contributed by atoms with Crippen molar-refractivity contribution in [3.63, 3.8) is 0 Å². The van der Waals surface area contributed by atoms with Crippen LogP contribution >= 0.6 is 0 Å². The van der Waals surface area contributed by atoms with Gasteiger partial charge < -0.3 is 11.1 Å². The highest BCUT2D eigenvalue weighted by atomic mass is 19.1. The summed E-state index contributed by atoms with van der Waals surface area (Å²) in [7, 11) is 0. The van der Waals surface area contributed by atoms with Crippen LogP contribution in [0.1, 0.15) is 40.0 Å². The van der Waals surface area contributed by atoms with Gasteiger partial charge >= 0.3 is 0 Å². The molecule has 0 saturated heterocycles. The van der Waals surface area contributed by atoms with Crippen LogP contribution < -0.4 is 11.1 Å². The van der Waals surface area contributed by atoms with Crippen molar-refractivity contribution in [1.29, 1.82) is 0 Å². The van der Waals surface area contributed by atoms with Gasteiger partial charge in [-0.2, -0.15) is 0 Å². The SMILES string of the molecule is CC1CC(C)(C)CC(CN)(Nc2ccccc2F)C1. The van der Waals surface area contributed by atoms with Crippen LogP contribution in [-0.4, -0.2) is 12.1 Å². The third-order valence-electron chi connectivity index (χ3n) is 4.12. The molecule has 0 heterocycles. The molecule has 0 aliphatic heterocycles. The van der Waals surface area contributed by atoms with Gasteiger partial charge in [-0.3, -0.25) is 0 Å². The lowest BCUT2D eigenvalue weighted by atomic mass is 9.64. The molecule has 106 valence electrons. The van der Waals surface area contributed by atoms with Crippen molar-refractivity contribution in [3.8, 4) is 0 Å². The van der Waals surface area contributed by atoms with Gasteiger partial charge in [-0.05, 0) is 42.7 Å². The maximum Gasteiger partial charge on any atom is 0.146 e. The Labute approximate surface area is 115 Å². The summed E-state index contributed by atoms with van der Waals surface area (Å²) < 4.78 is 13.8. The topological polar surface area (TPSA) is 38.0 Å². The van der Waals surface area contributed by atoms with Gasteiger partial charge in [0.1, 0.15) is 5.82 Å². The fourth-order valence-corrected chi connectivity index (χ4v) is 3.89. The lowest BCUT2D eigenvalue weighted by molar-refractivity contribution is 0.125. The van der Waals surface area contributed by atoms with E-state index >= 15 is 0 Å². The van der Waals surface area contributed by atoms with E-state index in [2.05, 4.69) is 26.1 Å². The monoisotopic (exact) mass is 264 g/mol. The number of nitrogens with two attached hydrogens (primary N) is 1. The molecule has 0 spiro atoms. The van der Waals surface area contributed by atoms with Crippen molar-refractivity contribution in [2.75, 3.05) is 11.9 Å². The molecule has 0 amide bonds. The van der Waals surface area contributed by atoms with E-state index in [1.807, 2.05) is 6.07 Å². The molecule has 2 nitrogen and oxygen atoms in total. The standard InChI is InChI=1S/C16H25FN2/c1-12-8-15(2,3)10-16(9-12,11-18)19-14-7-5-4-6-13(14)17/h4-7,12,19H,8-11,18H2,1-3H3. The van der Waals surface area contributed by atoms with Gasteiger partial charge in [-0.15, -0.1) is 0 Å². The Morgan fingerprint density at radius 1 is 1.32 bits per heavy atom. The predicted molar refractivity (Wildman–Crippen MR) is 78.6 cm³/mol. The first-order chi connectivity index (χ1) is 8.86. The zero-order valence-corrected chi connectivity index (χ0v) is 12.2. The first-order valence-electron chi connectivity index (χ1n) is 7.09. The van der Waals surface area contributed by atoms with Gasteiger partial charge in [0.2, 0.25) is 0 Å². The number of hydrogen-bond donors (Lipinski definition) is 2. The van der Waals surface area contributed by atoms with Crippen molar-refractivity contribution >= 4 is 5.69 Å². The maximum atomic E-state index is 13.8. The number of benzene rings is 1. The first-order valence-corrected chi connectivity index (χ1v) is 7.09. The van der Waals surface area contributed by atoms with E-state index in [1.54, 1.807) is 12.1 Å². The minimum atomic E-state index is -0.202. The maximum absolute atomic E-state index is 13.8. The van der Waals surface area contributed by atoms with Crippen LogP contribution in [0.25, 0.3) is 0 Å². The van der Waals surface area contributed by atoms with E-state index in [4.69, 9.17) is 5.73 Å². The molecule has 3 N–H and O–H groups in total. The lowest BCUT2D eigenvalue weighted by Gasteiger charge is -2.48. The van der Waals surface area contributed by atoms with Crippen LogP contribution in [0.3, 0.4) is 0 Å². The molecule has 1 fully saturated rings. The molecular formula is C16H25FN2. The van der Waals surface area contributed by atoms with Crippen molar-refractivity contribution in [3.05, 3.63) is 30.1 Å². The van der Waals surface area contributed by atoms with E-state index in [-0.39, 0.29) is 16.8 Å². The molecule has 2 atom stereocenters. The van der Waals surface area contributed by atoms with Crippen LogP contribution in [0, 0.1) is 17.2 Å². The summed E-state index contributed by atoms with van der Waals surface area (Å²) in [5, 5.41) is 3.40. The van der Waals surface area contributed by atoms with Crippen molar-refractivity contribution in [2.45, 2.75) is 45.6 Å². The molecule has 19 heavy (non-hydrogen) atoms. The Morgan fingerprint density at radius 3 is 2.58 bits per heavy atom. The number of para-hydroxylation sites is 1. The summed E-state index contributed by atoms with van der Waals surface area (Å²) in [5.74, 6) is 0.401. The van der Waals surface area contributed by atoms with Crippen LogP contribution in [0.15, 0.2) is 24.3 Å².